The standard InChI is InChI=1S/C11H10ClNO2/c1-8-13-6-11(15-8)7-14-10-4-2-3-9(12)5-10/h2-6H,7H2,1H3. The van der Waals surface area contributed by atoms with E-state index in [1.165, 1.54) is 0 Å². The number of rotatable bonds is 3. The molecule has 0 atom stereocenters. The topological polar surface area (TPSA) is 35.3 Å². The Morgan fingerprint density at radius 1 is 1.47 bits per heavy atom. The number of aryl methyl sites for hydroxylation is 1. The van der Waals surface area contributed by atoms with Gasteiger partial charge >= 0.3 is 0 Å². The van der Waals surface area contributed by atoms with Gasteiger partial charge in [-0.25, -0.2) is 4.98 Å². The van der Waals surface area contributed by atoms with Crippen LogP contribution in [0.25, 0.3) is 0 Å². The highest BCUT2D eigenvalue weighted by atomic mass is 35.5. The molecule has 0 amide bonds. The van der Waals surface area contributed by atoms with Gasteiger partial charge in [0.2, 0.25) is 0 Å². The van der Waals surface area contributed by atoms with E-state index in [-0.39, 0.29) is 0 Å². The fraction of sp³-hybridized carbons (Fsp3) is 0.182. The molecule has 0 spiro atoms. The molecule has 0 N–H and O–H groups in total. The third-order valence-corrected chi connectivity index (χ3v) is 2.08. The maximum atomic E-state index is 5.81. The van der Waals surface area contributed by atoms with Gasteiger partial charge in [0.15, 0.2) is 11.7 Å². The van der Waals surface area contributed by atoms with Gasteiger partial charge < -0.3 is 9.15 Å². The molecular formula is C11H10ClNO2. The Kier molecular flexibility index (Phi) is 2.92. The molecule has 0 aliphatic rings. The van der Waals surface area contributed by atoms with E-state index in [4.69, 9.17) is 20.8 Å². The summed E-state index contributed by atoms with van der Waals surface area (Å²) in [6.07, 6.45) is 1.65. The molecule has 3 nitrogen and oxygen atoms in total. The van der Waals surface area contributed by atoms with Crippen LogP contribution in [0.1, 0.15) is 11.7 Å². The predicted octanol–water partition coefficient (Wildman–Crippen LogP) is 3.22. The predicted molar refractivity (Wildman–Crippen MR) is 57.0 cm³/mol. The average molecular weight is 224 g/mol. The van der Waals surface area contributed by atoms with E-state index in [0.29, 0.717) is 23.3 Å². The molecule has 0 radical (unpaired) electrons. The summed E-state index contributed by atoms with van der Waals surface area (Å²) in [7, 11) is 0. The van der Waals surface area contributed by atoms with E-state index in [2.05, 4.69) is 4.98 Å². The lowest BCUT2D eigenvalue weighted by molar-refractivity contribution is 0.267. The van der Waals surface area contributed by atoms with Crippen molar-refractivity contribution in [3.05, 3.63) is 47.1 Å². The normalized spacial score (nSPS) is 10.3. The minimum atomic E-state index is 0.362. The smallest absolute Gasteiger partial charge is 0.191 e. The van der Waals surface area contributed by atoms with Crippen LogP contribution in [-0.4, -0.2) is 4.98 Å². The molecule has 15 heavy (non-hydrogen) atoms. The molecular weight excluding hydrogens is 214 g/mol. The van der Waals surface area contributed by atoms with Crippen molar-refractivity contribution in [1.29, 1.82) is 0 Å². The van der Waals surface area contributed by atoms with Crippen molar-refractivity contribution in [2.75, 3.05) is 0 Å². The molecule has 0 unspecified atom stereocenters. The van der Waals surface area contributed by atoms with Gasteiger partial charge in [-0.2, -0.15) is 0 Å². The summed E-state index contributed by atoms with van der Waals surface area (Å²) in [6.45, 7) is 2.16. The second-order valence-corrected chi connectivity index (χ2v) is 3.53. The number of hydrogen-bond donors (Lipinski definition) is 0. The van der Waals surface area contributed by atoms with Crippen molar-refractivity contribution >= 4 is 11.6 Å². The third-order valence-electron chi connectivity index (χ3n) is 1.85. The number of oxazole rings is 1. The zero-order valence-electron chi connectivity index (χ0n) is 8.24. The van der Waals surface area contributed by atoms with E-state index in [1.807, 2.05) is 12.1 Å². The summed E-state index contributed by atoms with van der Waals surface area (Å²) in [6, 6.07) is 7.23. The van der Waals surface area contributed by atoms with Crippen LogP contribution in [0.15, 0.2) is 34.9 Å². The SMILES string of the molecule is Cc1ncc(COc2cccc(Cl)c2)o1. The van der Waals surface area contributed by atoms with Crippen molar-refractivity contribution in [3.63, 3.8) is 0 Å². The molecule has 0 aliphatic heterocycles. The van der Waals surface area contributed by atoms with Crippen molar-refractivity contribution in [3.8, 4) is 5.75 Å². The molecule has 0 saturated heterocycles. The first-order valence-electron chi connectivity index (χ1n) is 4.54. The third kappa shape index (κ3) is 2.73. The number of hydrogen-bond acceptors (Lipinski definition) is 3. The maximum Gasteiger partial charge on any atom is 0.191 e. The van der Waals surface area contributed by atoms with Gasteiger partial charge in [-0.15, -0.1) is 0 Å². The van der Waals surface area contributed by atoms with E-state index >= 15 is 0 Å². The Bertz CT molecular complexity index is 453. The van der Waals surface area contributed by atoms with Crippen LogP contribution in [0, 0.1) is 6.92 Å². The highest BCUT2D eigenvalue weighted by Crippen LogP contribution is 2.18. The fourth-order valence-corrected chi connectivity index (χ4v) is 1.36. The quantitative estimate of drug-likeness (QED) is 0.802. The first-order chi connectivity index (χ1) is 7.24. The molecule has 0 aliphatic carbocycles. The molecule has 0 fully saturated rings. The summed E-state index contributed by atoms with van der Waals surface area (Å²) >= 11 is 5.81. The molecule has 4 heteroatoms. The number of aromatic nitrogens is 1. The molecule has 78 valence electrons. The molecule has 1 heterocycles. The number of halogens is 1. The Morgan fingerprint density at radius 3 is 3.00 bits per heavy atom. The largest absolute Gasteiger partial charge is 0.486 e. The first-order valence-corrected chi connectivity index (χ1v) is 4.91. The summed E-state index contributed by atoms with van der Waals surface area (Å²) in [5.74, 6) is 2.06. The van der Waals surface area contributed by atoms with Gasteiger partial charge in [0.25, 0.3) is 0 Å². The highest BCUT2D eigenvalue weighted by Gasteiger charge is 2.01. The maximum absolute atomic E-state index is 5.81. The van der Waals surface area contributed by atoms with Gasteiger partial charge in [-0.05, 0) is 18.2 Å². The lowest BCUT2D eigenvalue weighted by Crippen LogP contribution is -1.93. The van der Waals surface area contributed by atoms with Crippen molar-refractivity contribution in [2.24, 2.45) is 0 Å². The fourth-order valence-electron chi connectivity index (χ4n) is 1.18. The molecule has 1 aromatic carbocycles. The van der Waals surface area contributed by atoms with Gasteiger partial charge in [0.05, 0.1) is 6.20 Å². The van der Waals surface area contributed by atoms with Crippen LogP contribution in [0.3, 0.4) is 0 Å². The van der Waals surface area contributed by atoms with Crippen LogP contribution >= 0.6 is 11.6 Å². The van der Waals surface area contributed by atoms with Crippen LogP contribution in [0.2, 0.25) is 5.02 Å². The minimum absolute atomic E-state index is 0.362. The Labute approximate surface area is 92.6 Å². The molecule has 0 bridgehead atoms. The van der Waals surface area contributed by atoms with Gasteiger partial charge in [0.1, 0.15) is 12.4 Å². The van der Waals surface area contributed by atoms with E-state index in [1.54, 1.807) is 25.3 Å². The van der Waals surface area contributed by atoms with E-state index in [9.17, 15) is 0 Å². The van der Waals surface area contributed by atoms with Crippen LogP contribution in [0.5, 0.6) is 5.75 Å². The first kappa shape index (κ1) is 10.1. The Balaban J connectivity index is 1.99. The van der Waals surface area contributed by atoms with Crippen LogP contribution in [0.4, 0.5) is 0 Å². The Hall–Kier alpha value is -1.48. The van der Waals surface area contributed by atoms with Gasteiger partial charge in [-0.1, -0.05) is 17.7 Å². The van der Waals surface area contributed by atoms with Crippen molar-refractivity contribution in [1.82, 2.24) is 4.98 Å². The molecule has 1 aromatic heterocycles. The van der Waals surface area contributed by atoms with Crippen LogP contribution in [-0.2, 0) is 6.61 Å². The zero-order valence-corrected chi connectivity index (χ0v) is 8.99. The average Bonchev–Trinajstić information content (AvgIpc) is 2.62. The molecule has 2 rings (SSSR count). The zero-order chi connectivity index (χ0) is 10.7. The van der Waals surface area contributed by atoms with E-state index in [0.717, 1.165) is 5.75 Å². The van der Waals surface area contributed by atoms with Crippen molar-refractivity contribution in [2.45, 2.75) is 13.5 Å². The number of benzene rings is 1. The van der Waals surface area contributed by atoms with Crippen molar-refractivity contribution < 1.29 is 9.15 Å². The number of nitrogens with zero attached hydrogens (tertiary/aromatic N) is 1. The number of ether oxygens (including phenoxy) is 1. The Morgan fingerprint density at radius 2 is 2.33 bits per heavy atom. The summed E-state index contributed by atoms with van der Waals surface area (Å²) in [5, 5.41) is 0.654. The lowest BCUT2D eigenvalue weighted by atomic mass is 10.3. The van der Waals surface area contributed by atoms with Crippen LogP contribution < -0.4 is 4.74 Å². The summed E-state index contributed by atoms with van der Waals surface area (Å²) in [5.41, 5.74) is 0. The minimum Gasteiger partial charge on any atom is -0.486 e. The highest BCUT2D eigenvalue weighted by molar-refractivity contribution is 6.30. The second-order valence-electron chi connectivity index (χ2n) is 3.09. The summed E-state index contributed by atoms with van der Waals surface area (Å²) < 4.78 is 10.7. The lowest BCUT2D eigenvalue weighted by Gasteiger charge is -2.03. The molecule has 2 aromatic rings. The monoisotopic (exact) mass is 223 g/mol. The van der Waals surface area contributed by atoms with Gasteiger partial charge in [-0.3, -0.25) is 0 Å². The summed E-state index contributed by atoms with van der Waals surface area (Å²) in [4.78, 5) is 3.97. The molecule has 0 saturated carbocycles. The second kappa shape index (κ2) is 4.36. The van der Waals surface area contributed by atoms with Gasteiger partial charge in [0, 0.05) is 11.9 Å². The van der Waals surface area contributed by atoms with E-state index < -0.39 is 0 Å².